The zero-order chi connectivity index (χ0) is 21.9. The zero-order valence-electron chi connectivity index (χ0n) is 16.4. The van der Waals surface area contributed by atoms with Gasteiger partial charge in [-0.05, 0) is 37.1 Å². The van der Waals surface area contributed by atoms with Crippen molar-refractivity contribution >= 4 is 27.3 Å². The predicted molar refractivity (Wildman–Crippen MR) is 110 cm³/mol. The van der Waals surface area contributed by atoms with Gasteiger partial charge in [0.1, 0.15) is 5.82 Å². The van der Waals surface area contributed by atoms with Crippen LogP contribution in [0, 0.1) is 11.6 Å². The van der Waals surface area contributed by atoms with Crippen LogP contribution in [-0.4, -0.2) is 42.9 Å². The van der Waals surface area contributed by atoms with Gasteiger partial charge in [-0.3, -0.25) is 4.79 Å². The fourth-order valence-corrected chi connectivity index (χ4v) is 5.40. The van der Waals surface area contributed by atoms with E-state index in [4.69, 9.17) is 16.3 Å². The lowest BCUT2D eigenvalue weighted by Crippen LogP contribution is -2.47. The number of ether oxygens (including phenoxy) is 1. The van der Waals surface area contributed by atoms with Crippen molar-refractivity contribution < 1.29 is 26.7 Å². The Morgan fingerprint density at radius 2 is 1.90 bits per heavy atom. The van der Waals surface area contributed by atoms with Crippen molar-refractivity contribution in [3.8, 4) is 5.75 Å². The van der Waals surface area contributed by atoms with Gasteiger partial charge in [-0.2, -0.15) is 0 Å². The van der Waals surface area contributed by atoms with Crippen LogP contribution in [0.2, 0.25) is 5.02 Å². The number of halogens is 3. The lowest BCUT2D eigenvalue weighted by atomic mass is 10.1. The summed E-state index contributed by atoms with van der Waals surface area (Å²) < 4.78 is 58.0. The topological polar surface area (TPSA) is 63.7 Å². The zero-order valence-corrected chi connectivity index (χ0v) is 17.9. The normalized spacial score (nSPS) is 18.7. The Hall–Kier alpha value is -2.19. The number of amides is 1. The standard InChI is InChI=1S/C21H22ClF2NO4S/c1-2-19(29-20-9-4-3-7-18(20)24)21(26)25(14-10-11-30(27,28)13-14)12-15-16(22)6-5-8-17(15)23/h3-9,14,19H,2,10-13H2,1H3/t14-,19+/m1/s1. The molecule has 1 amide bonds. The molecule has 2 aromatic rings. The first-order valence-corrected chi connectivity index (χ1v) is 11.8. The molecule has 1 heterocycles. The highest BCUT2D eigenvalue weighted by atomic mass is 35.5. The Labute approximate surface area is 179 Å². The highest BCUT2D eigenvalue weighted by molar-refractivity contribution is 7.91. The van der Waals surface area contributed by atoms with E-state index in [0.29, 0.717) is 0 Å². The highest BCUT2D eigenvalue weighted by Gasteiger charge is 2.38. The van der Waals surface area contributed by atoms with Crippen molar-refractivity contribution in [2.45, 2.75) is 38.5 Å². The van der Waals surface area contributed by atoms with E-state index >= 15 is 0 Å². The van der Waals surface area contributed by atoms with Gasteiger partial charge in [0.05, 0.1) is 18.1 Å². The van der Waals surface area contributed by atoms with Crippen LogP contribution in [0.15, 0.2) is 42.5 Å². The fourth-order valence-electron chi connectivity index (χ4n) is 3.45. The number of benzene rings is 2. The minimum absolute atomic E-state index is 0.0581. The first-order chi connectivity index (χ1) is 14.2. The van der Waals surface area contributed by atoms with Crippen LogP contribution in [0.25, 0.3) is 0 Å². The van der Waals surface area contributed by atoms with Crippen molar-refractivity contribution in [1.29, 1.82) is 0 Å². The van der Waals surface area contributed by atoms with E-state index in [0.717, 1.165) is 0 Å². The van der Waals surface area contributed by atoms with Gasteiger partial charge in [0, 0.05) is 16.6 Å². The minimum Gasteiger partial charge on any atom is -0.478 e. The van der Waals surface area contributed by atoms with Crippen LogP contribution < -0.4 is 4.74 Å². The lowest BCUT2D eigenvalue weighted by Gasteiger charge is -2.32. The quantitative estimate of drug-likeness (QED) is 0.630. The molecule has 0 spiro atoms. The number of para-hydroxylation sites is 1. The molecule has 0 radical (unpaired) electrons. The Bertz CT molecular complexity index is 1010. The molecule has 2 aromatic carbocycles. The number of hydrogen-bond donors (Lipinski definition) is 0. The Balaban J connectivity index is 1.92. The molecule has 1 aliphatic heterocycles. The van der Waals surface area contributed by atoms with Crippen LogP contribution in [0.3, 0.4) is 0 Å². The average Bonchev–Trinajstić information content (AvgIpc) is 3.06. The molecule has 30 heavy (non-hydrogen) atoms. The van der Waals surface area contributed by atoms with Gasteiger partial charge in [0.2, 0.25) is 0 Å². The number of carbonyl (C=O) groups excluding carboxylic acids is 1. The van der Waals surface area contributed by atoms with Gasteiger partial charge < -0.3 is 9.64 Å². The van der Waals surface area contributed by atoms with Gasteiger partial charge in [-0.15, -0.1) is 0 Å². The first kappa shape index (κ1) is 22.5. The maximum Gasteiger partial charge on any atom is 0.264 e. The second kappa shape index (κ2) is 9.31. The SMILES string of the molecule is CC[C@H](Oc1ccccc1F)C(=O)N(Cc1c(F)cccc1Cl)[C@@H]1CCS(=O)(=O)C1. The summed E-state index contributed by atoms with van der Waals surface area (Å²) in [5, 5.41) is 0.136. The van der Waals surface area contributed by atoms with E-state index in [1.807, 2.05) is 0 Å². The molecule has 0 aromatic heterocycles. The minimum atomic E-state index is -3.31. The second-order valence-corrected chi connectivity index (χ2v) is 9.80. The maximum atomic E-state index is 14.4. The smallest absolute Gasteiger partial charge is 0.264 e. The molecule has 1 saturated heterocycles. The van der Waals surface area contributed by atoms with Crippen LogP contribution in [-0.2, 0) is 21.2 Å². The molecule has 0 unspecified atom stereocenters. The monoisotopic (exact) mass is 457 g/mol. The highest BCUT2D eigenvalue weighted by Crippen LogP contribution is 2.27. The van der Waals surface area contributed by atoms with Crippen LogP contribution in [0.5, 0.6) is 5.75 Å². The third-order valence-electron chi connectivity index (χ3n) is 5.07. The summed E-state index contributed by atoms with van der Waals surface area (Å²) in [6, 6.07) is 9.23. The van der Waals surface area contributed by atoms with E-state index in [9.17, 15) is 22.0 Å². The van der Waals surface area contributed by atoms with Crippen molar-refractivity contribution in [1.82, 2.24) is 4.90 Å². The summed E-state index contributed by atoms with van der Waals surface area (Å²) in [5.41, 5.74) is 0.0950. The summed E-state index contributed by atoms with van der Waals surface area (Å²) in [7, 11) is -3.31. The van der Waals surface area contributed by atoms with E-state index < -0.39 is 39.5 Å². The lowest BCUT2D eigenvalue weighted by molar-refractivity contribution is -0.141. The Kier molecular flexibility index (Phi) is 6.98. The van der Waals surface area contributed by atoms with E-state index in [-0.39, 0.29) is 47.2 Å². The number of nitrogens with zero attached hydrogens (tertiary/aromatic N) is 1. The van der Waals surface area contributed by atoms with Crippen LogP contribution >= 0.6 is 11.6 Å². The molecule has 2 atom stereocenters. The summed E-state index contributed by atoms with van der Waals surface area (Å²) in [6.07, 6.45) is -0.611. The molecule has 0 aliphatic carbocycles. The van der Waals surface area contributed by atoms with Crippen molar-refractivity contribution in [2.75, 3.05) is 11.5 Å². The molecule has 0 bridgehead atoms. The number of rotatable bonds is 7. The molecule has 0 N–H and O–H groups in total. The molecular weight excluding hydrogens is 436 g/mol. The van der Waals surface area contributed by atoms with E-state index in [1.54, 1.807) is 13.0 Å². The van der Waals surface area contributed by atoms with Crippen molar-refractivity contribution in [3.05, 3.63) is 64.7 Å². The van der Waals surface area contributed by atoms with Gasteiger partial charge in [0.25, 0.3) is 5.91 Å². The van der Waals surface area contributed by atoms with Gasteiger partial charge >= 0.3 is 0 Å². The van der Waals surface area contributed by atoms with E-state index in [2.05, 4.69) is 0 Å². The maximum absolute atomic E-state index is 14.4. The van der Waals surface area contributed by atoms with Gasteiger partial charge in [0.15, 0.2) is 27.5 Å². The molecule has 3 rings (SSSR count). The summed E-state index contributed by atoms with van der Waals surface area (Å²) in [6.45, 7) is 1.49. The first-order valence-electron chi connectivity index (χ1n) is 9.57. The molecule has 1 fully saturated rings. The number of sulfone groups is 1. The Morgan fingerprint density at radius 1 is 1.20 bits per heavy atom. The summed E-state index contributed by atoms with van der Waals surface area (Å²) in [4.78, 5) is 14.6. The molecule has 9 heteroatoms. The Morgan fingerprint density at radius 3 is 2.50 bits per heavy atom. The third-order valence-corrected chi connectivity index (χ3v) is 7.18. The fraction of sp³-hybridized carbons (Fsp3) is 0.381. The summed E-state index contributed by atoms with van der Waals surface area (Å²) >= 11 is 6.13. The summed E-state index contributed by atoms with van der Waals surface area (Å²) in [5.74, 6) is -2.11. The van der Waals surface area contributed by atoms with Gasteiger partial charge in [-0.25, -0.2) is 17.2 Å². The third kappa shape index (κ3) is 5.10. The number of carbonyl (C=O) groups is 1. The van der Waals surface area contributed by atoms with Crippen LogP contribution in [0.1, 0.15) is 25.3 Å². The van der Waals surface area contributed by atoms with Crippen LogP contribution in [0.4, 0.5) is 8.78 Å². The second-order valence-electron chi connectivity index (χ2n) is 7.17. The predicted octanol–water partition coefficient (Wildman–Crippen LogP) is 3.99. The van der Waals surface area contributed by atoms with E-state index in [1.165, 1.54) is 41.3 Å². The molecule has 5 nitrogen and oxygen atoms in total. The molecule has 0 saturated carbocycles. The van der Waals surface area contributed by atoms with Gasteiger partial charge in [-0.1, -0.05) is 36.7 Å². The molecule has 162 valence electrons. The van der Waals surface area contributed by atoms with Crippen molar-refractivity contribution in [3.63, 3.8) is 0 Å². The molecule has 1 aliphatic rings. The average molecular weight is 458 g/mol. The van der Waals surface area contributed by atoms with Crippen molar-refractivity contribution in [2.24, 2.45) is 0 Å². The number of hydrogen-bond acceptors (Lipinski definition) is 4. The molecular formula is C21H22ClF2NO4S. The largest absolute Gasteiger partial charge is 0.478 e.